The minimum atomic E-state index is -1.01. The molecule has 1 aliphatic rings. The van der Waals surface area contributed by atoms with Crippen LogP contribution >= 0.6 is 0 Å². The summed E-state index contributed by atoms with van der Waals surface area (Å²) in [4.78, 5) is 19.5. The fraction of sp³-hybridized carbons (Fsp3) is 0.364. The van der Waals surface area contributed by atoms with Crippen molar-refractivity contribution in [1.82, 2.24) is 14.4 Å². The molecule has 1 fully saturated rings. The van der Waals surface area contributed by atoms with Gasteiger partial charge < -0.3 is 14.6 Å². The van der Waals surface area contributed by atoms with Crippen LogP contribution in [0.15, 0.2) is 24.8 Å². The van der Waals surface area contributed by atoms with Gasteiger partial charge >= 0.3 is 5.97 Å². The van der Waals surface area contributed by atoms with Crippen molar-refractivity contribution in [2.45, 2.75) is 24.4 Å². The monoisotopic (exact) mass is 233 g/mol. The summed E-state index contributed by atoms with van der Waals surface area (Å²) in [5.41, 5.74) is 0.206. The second-order valence-electron chi connectivity index (χ2n) is 4.40. The Morgan fingerprint density at radius 2 is 2.24 bits per heavy atom. The molecule has 2 aromatic heterocycles. The molecule has 0 spiro atoms. The smallest absolute Gasteiger partial charge is 0.315 e. The number of aliphatic hydroxyl groups excluding tert-OH is 1. The maximum absolute atomic E-state index is 11.4. The lowest BCUT2D eigenvalue weighted by Gasteiger charge is -2.41. The molecule has 6 heteroatoms. The molecule has 0 saturated heterocycles. The average molecular weight is 233 g/mol. The van der Waals surface area contributed by atoms with Gasteiger partial charge in [-0.1, -0.05) is 0 Å². The number of rotatable bonds is 2. The molecule has 3 rings (SSSR count). The first-order valence-electron chi connectivity index (χ1n) is 5.32. The van der Waals surface area contributed by atoms with Gasteiger partial charge in [-0.25, -0.2) is 4.98 Å². The number of carboxylic acid groups (broad SMARTS) is 1. The third-order valence-corrected chi connectivity index (χ3v) is 3.39. The molecule has 2 aromatic rings. The first-order valence-corrected chi connectivity index (χ1v) is 5.32. The predicted octanol–water partition coefficient (Wildman–Crippen LogP) is 0.206. The Morgan fingerprint density at radius 3 is 2.88 bits per heavy atom. The van der Waals surface area contributed by atoms with Crippen LogP contribution in [-0.4, -0.2) is 36.7 Å². The number of carboxylic acids is 1. The first kappa shape index (κ1) is 10.2. The highest BCUT2D eigenvalue weighted by atomic mass is 16.4. The number of aliphatic hydroxyl groups is 1. The molecule has 0 atom stereocenters. The number of nitrogens with zero attached hydrogens (tertiary/aromatic N) is 3. The van der Waals surface area contributed by atoms with Crippen molar-refractivity contribution in [2.24, 2.45) is 0 Å². The van der Waals surface area contributed by atoms with Gasteiger partial charge in [0.25, 0.3) is 0 Å². The van der Waals surface area contributed by atoms with Gasteiger partial charge in [0.2, 0.25) is 0 Å². The molecule has 88 valence electrons. The summed E-state index contributed by atoms with van der Waals surface area (Å²) in [6, 6.07) is 0. The van der Waals surface area contributed by atoms with Crippen LogP contribution in [0.25, 0.3) is 5.65 Å². The lowest BCUT2D eigenvalue weighted by atomic mass is 9.65. The second-order valence-corrected chi connectivity index (χ2v) is 4.40. The number of imidazole rings is 1. The molecule has 6 nitrogen and oxygen atoms in total. The van der Waals surface area contributed by atoms with Crippen LogP contribution in [0.3, 0.4) is 0 Å². The molecular weight excluding hydrogens is 222 g/mol. The molecule has 0 unspecified atom stereocenters. The Kier molecular flexibility index (Phi) is 1.97. The van der Waals surface area contributed by atoms with Crippen molar-refractivity contribution in [3.63, 3.8) is 0 Å². The zero-order valence-corrected chi connectivity index (χ0v) is 8.95. The predicted molar refractivity (Wildman–Crippen MR) is 57.5 cm³/mol. The quantitative estimate of drug-likeness (QED) is 0.774. The van der Waals surface area contributed by atoms with Gasteiger partial charge in [-0.3, -0.25) is 9.78 Å². The highest BCUT2D eigenvalue weighted by Crippen LogP contribution is 2.44. The zero-order valence-electron chi connectivity index (χ0n) is 8.95. The van der Waals surface area contributed by atoms with Gasteiger partial charge in [-0.15, -0.1) is 0 Å². The molecule has 2 heterocycles. The number of aromatic nitrogens is 3. The van der Waals surface area contributed by atoms with Crippen LogP contribution < -0.4 is 0 Å². The van der Waals surface area contributed by atoms with Gasteiger partial charge in [-0.05, 0) is 12.8 Å². The van der Waals surface area contributed by atoms with Gasteiger partial charge in [0.05, 0.1) is 24.2 Å². The second kappa shape index (κ2) is 3.27. The van der Waals surface area contributed by atoms with Gasteiger partial charge in [0.15, 0.2) is 5.65 Å². The minimum Gasteiger partial charge on any atom is -0.481 e. The summed E-state index contributed by atoms with van der Waals surface area (Å²) in [6.07, 6.45) is 6.33. The van der Waals surface area contributed by atoms with Crippen molar-refractivity contribution in [1.29, 1.82) is 0 Å². The molecule has 0 bridgehead atoms. The van der Waals surface area contributed by atoms with Crippen LogP contribution in [0.1, 0.15) is 18.5 Å². The van der Waals surface area contributed by atoms with Crippen LogP contribution in [0.4, 0.5) is 0 Å². The van der Waals surface area contributed by atoms with E-state index >= 15 is 0 Å². The van der Waals surface area contributed by atoms with Crippen LogP contribution in [0, 0.1) is 0 Å². The molecule has 0 aromatic carbocycles. The summed E-state index contributed by atoms with van der Waals surface area (Å²) in [6.45, 7) is 0. The molecule has 0 radical (unpaired) electrons. The third-order valence-electron chi connectivity index (χ3n) is 3.39. The van der Waals surface area contributed by atoms with E-state index in [1.807, 2.05) is 0 Å². The number of hydrogen-bond donors (Lipinski definition) is 2. The van der Waals surface area contributed by atoms with Crippen molar-refractivity contribution < 1.29 is 15.0 Å². The lowest BCUT2D eigenvalue weighted by Crippen LogP contribution is -2.51. The van der Waals surface area contributed by atoms with Gasteiger partial charge in [0.1, 0.15) is 5.41 Å². The van der Waals surface area contributed by atoms with E-state index in [2.05, 4.69) is 9.97 Å². The minimum absolute atomic E-state index is 0.235. The fourth-order valence-corrected chi connectivity index (χ4v) is 2.43. The highest BCUT2D eigenvalue weighted by molar-refractivity contribution is 5.82. The topological polar surface area (TPSA) is 87.7 Å². The number of aliphatic carboxylic acids is 1. The van der Waals surface area contributed by atoms with E-state index in [4.69, 9.17) is 0 Å². The van der Waals surface area contributed by atoms with E-state index in [0.29, 0.717) is 11.3 Å². The van der Waals surface area contributed by atoms with Crippen molar-refractivity contribution in [2.75, 3.05) is 0 Å². The fourth-order valence-electron chi connectivity index (χ4n) is 2.43. The standard InChI is InChI=1S/C11H11N3O3/c15-7-3-11(4-7,10(16)17)8-5-13-9-6-12-1-2-14(8)9/h1-2,5-7,15H,3-4H2,(H,16,17). The normalized spacial score (nSPS) is 27.9. The number of carbonyl (C=O) groups is 1. The Labute approximate surface area is 96.6 Å². The van der Waals surface area contributed by atoms with Gasteiger partial charge in [0, 0.05) is 12.4 Å². The maximum atomic E-state index is 11.4. The zero-order chi connectivity index (χ0) is 12.0. The lowest BCUT2D eigenvalue weighted by molar-refractivity contribution is -0.153. The third kappa shape index (κ3) is 1.27. The summed E-state index contributed by atoms with van der Waals surface area (Å²) < 4.78 is 1.72. The van der Waals surface area contributed by atoms with E-state index in [9.17, 15) is 15.0 Å². The van der Waals surface area contributed by atoms with E-state index in [1.54, 1.807) is 29.2 Å². The molecule has 17 heavy (non-hydrogen) atoms. The molecule has 2 N–H and O–H groups in total. The number of fused-ring (bicyclic) bond motifs is 1. The Balaban J connectivity index is 2.17. The molecule has 0 amide bonds. The highest BCUT2D eigenvalue weighted by Gasteiger charge is 2.53. The Morgan fingerprint density at radius 1 is 1.47 bits per heavy atom. The molecule has 1 aliphatic carbocycles. The molecule has 0 aliphatic heterocycles. The van der Waals surface area contributed by atoms with Crippen LogP contribution in [-0.2, 0) is 10.2 Å². The SMILES string of the molecule is O=C(O)C1(c2cnc3cnccn23)CC(O)C1. The summed E-state index contributed by atoms with van der Waals surface area (Å²) in [5.74, 6) is -0.915. The average Bonchev–Trinajstić information content (AvgIpc) is 2.68. The number of hydrogen-bond acceptors (Lipinski definition) is 4. The van der Waals surface area contributed by atoms with Crippen LogP contribution in [0.2, 0.25) is 0 Å². The summed E-state index contributed by atoms with van der Waals surface area (Å²) in [7, 11) is 0. The van der Waals surface area contributed by atoms with E-state index in [-0.39, 0.29) is 12.8 Å². The molecule has 1 saturated carbocycles. The van der Waals surface area contributed by atoms with Crippen molar-refractivity contribution in [3.05, 3.63) is 30.5 Å². The summed E-state index contributed by atoms with van der Waals surface area (Å²) in [5, 5.41) is 18.8. The van der Waals surface area contributed by atoms with Gasteiger partial charge in [-0.2, -0.15) is 0 Å². The van der Waals surface area contributed by atoms with Crippen molar-refractivity contribution in [3.8, 4) is 0 Å². The first-order chi connectivity index (χ1) is 8.13. The van der Waals surface area contributed by atoms with E-state index in [0.717, 1.165) is 0 Å². The van der Waals surface area contributed by atoms with E-state index < -0.39 is 17.5 Å². The summed E-state index contributed by atoms with van der Waals surface area (Å²) >= 11 is 0. The molecular formula is C11H11N3O3. The van der Waals surface area contributed by atoms with E-state index in [1.165, 1.54) is 0 Å². The maximum Gasteiger partial charge on any atom is 0.315 e. The Bertz CT molecular complexity index is 586. The van der Waals surface area contributed by atoms with Crippen LogP contribution in [0.5, 0.6) is 0 Å². The largest absolute Gasteiger partial charge is 0.481 e. The van der Waals surface area contributed by atoms with Crippen molar-refractivity contribution >= 4 is 11.6 Å². The Hall–Kier alpha value is -1.95.